The van der Waals surface area contributed by atoms with E-state index in [1.54, 1.807) is 13.1 Å². The Balaban J connectivity index is 2.09. The maximum absolute atomic E-state index is 10.9. The summed E-state index contributed by atoms with van der Waals surface area (Å²) in [5, 5.41) is 11.4. The Labute approximate surface area is 115 Å². The Morgan fingerprint density at radius 1 is 1.45 bits per heavy atom. The van der Waals surface area contributed by atoms with Crippen LogP contribution in [0, 0.1) is 17.0 Å². The summed E-state index contributed by atoms with van der Waals surface area (Å²) in [4.78, 5) is 29.1. The highest BCUT2D eigenvalue weighted by atomic mass is 32.2. The largest absolute Gasteiger partial charge is 0.446 e. The number of H-pyrrole nitrogens is 1. The first-order chi connectivity index (χ1) is 9.54. The standard InChI is InChI=1S/C9H8N8O2S/c1-4-2-16(9(13-4)17(18)19)20-7-5-6(12-3-11-5)14-8(10)15-7/h2-3H,1H3,(H3,10,11,12,14,15). The van der Waals surface area contributed by atoms with Crippen LogP contribution in [0.5, 0.6) is 0 Å². The Morgan fingerprint density at radius 3 is 3.00 bits per heavy atom. The molecule has 0 aliphatic rings. The number of nitrogen functional groups attached to an aromatic ring is 1. The summed E-state index contributed by atoms with van der Waals surface area (Å²) >= 11 is 1.02. The number of aromatic amines is 1. The number of fused-ring (bicyclic) bond motifs is 1. The fraction of sp³-hybridized carbons (Fsp3) is 0.111. The van der Waals surface area contributed by atoms with Gasteiger partial charge in [-0.3, -0.25) is 0 Å². The zero-order valence-corrected chi connectivity index (χ0v) is 11.0. The molecule has 0 amide bonds. The second-order valence-electron chi connectivity index (χ2n) is 3.84. The van der Waals surface area contributed by atoms with Crippen LogP contribution in [0.4, 0.5) is 11.9 Å². The van der Waals surface area contributed by atoms with Gasteiger partial charge in [0, 0.05) is 0 Å². The number of aromatic nitrogens is 6. The number of rotatable bonds is 3. The van der Waals surface area contributed by atoms with Crippen LogP contribution >= 0.6 is 11.9 Å². The van der Waals surface area contributed by atoms with E-state index in [-0.39, 0.29) is 11.9 Å². The van der Waals surface area contributed by atoms with Gasteiger partial charge in [-0.1, -0.05) is 4.98 Å². The lowest BCUT2D eigenvalue weighted by Gasteiger charge is -2.01. The molecule has 3 heterocycles. The molecule has 3 N–H and O–H groups in total. The van der Waals surface area contributed by atoms with Crippen molar-refractivity contribution in [1.29, 1.82) is 0 Å². The molecule has 0 unspecified atom stereocenters. The first-order valence-electron chi connectivity index (χ1n) is 5.40. The van der Waals surface area contributed by atoms with Crippen LogP contribution in [0.2, 0.25) is 0 Å². The second kappa shape index (κ2) is 4.45. The van der Waals surface area contributed by atoms with Crippen molar-refractivity contribution >= 4 is 35.0 Å². The molecule has 3 aromatic rings. The molecule has 0 saturated carbocycles. The average molecular weight is 292 g/mol. The molecule has 0 aliphatic carbocycles. The molecule has 0 saturated heterocycles. The van der Waals surface area contributed by atoms with Crippen LogP contribution in [-0.2, 0) is 0 Å². The van der Waals surface area contributed by atoms with Gasteiger partial charge in [0.2, 0.25) is 5.95 Å². The lowest BCUT2D eigenvalue weighted by atomic mass is 10.5. The van der Waals surface area contributed by atoms with Gasteiger partial charge in [0.15, 0.2) is 10.7 Å². The van der Waals surface area contributed by atoms with Crippen LogP contribution in [0.15, 0.2) is 17.6 Å². The summed E-state index contributed by atoms with van der Waals surface area (Å²) in [6.45, 7) is 1.67. The Morgan fingerprint density at radius 2 is 2.25 bits per heavy atom. The first-order valence-corrected chi connectivity index (χ1v) is 6.17. The molecule has 0 fully saturated rings. The van der Waals surface area contributed by atoms with E-state index >= 15 is 0 Å². The molecule has 0 radical (unpaired) electrons. The Kier molecular flexibility index (Phi) is 2.75. The molecule has 3 aromatic heterocycles. The van der Waals surface area contributed by atoms with E-state index in [4.69, 9.17) is 5.73 Å². The number of nitro groups is 1. The Hall–Kier alpha value is -2.69. The molecule has 11 heteroatoms. The molecule has 102 valence electrons. The SMILES string of the molecule is Cc1cn(Sc2nc(N)nc3nc[nH]c23)c([N+](=O)[O-])n1. The molecule has 0 aromatic carbocycles. The van der Waals surface area contributed by atoms with Crippen molar-refractivity contribution in [3.63, 3.8) is 0 Å². The predicted octanol–water partition coefficient (Wildman–Crippen LogP) is 0.904. The molecule has 0 aliphatic heterocycles. The number of anilines is 1. The number of nitrogens with one attached hydrogen (secondary N) is 1. The number of hydrogen-bond acceptors (Lipinski definition) is 8. The third-order valence-corrected chi connectivity index (χ3v) is 3.33. The van der Waals surface area contributed by atoms with Gasteiger partial charge in [-0.15, -0.1) is 0 Å². The lowest BCUT2D eigenvalue weighted by molar-refractivity contribution is -0.394. The minimum atomic E-state index is -0.561. The van der Waals surface area contributed by atoms with Crippen molar-refractivity contribution < 1.29 is 4.92 Å². The summed E-state index contributed by atoms with van der Waals surface area (Å²) in [6.07, 6.45) is 3.00. The Bertz CT molecular complexity index is 809. The van der Waals surface area contributed by atoms with Crippen molar-refractivity contribution in [2.24, 2.45) is 0 Å². The highest BCUT2D eigenvalue weighted by molar-refractivity contribution is 7.98. The van der Waals surface area contributed by atoms with Crippen LogP contribution in [-0.4, -0.2) is 33.8 Å². The molecule has 3 rings (SSSR count). The zero-order chi connectivity index (χ0) is 14.3. The summed E-state index contributed by atoms with van der Waals surface area (Å²) in [5.74, 6) is -0.232. The molecule has 10 nitrogen and oxygen atoms in total. The van der Waals surface area contributed by atoms with Gasteiger partial charge in [0.25, 0.3) is 0 Å². The monoisotopic (exact) mass is 292 g/mol. The van der Waals surface area contributed by atoms with Crippen molar-refractivity contribution in [3.8, 4) is 0 Å². The average Bonchev–Trinajstić information content (AvgIpc) is 2.95. The van der Waals surface area contributed by atoms with E-state index < -0.39 is 4.92 Å². The number of hydrogen-bond donors (Lipinski definition) is 2. The third kappa shape index (κ3) is 2.03. The molecule has 0 spiro atoms. The van der Waals surface area contributed by atoms with Crippen LogP contribution in [0.3, 0.4) is 0 Å². The maximum Gasteiger partial charge on any atom is 0.446 e. The summed E-state index contributed by atoms with van der Waals surface area (Å²) in [5.41, 5.74) is 7.09. The van der Waals surface area contributed by atoms with Crippen molar-refractivity contribution in [1.82, 2.24) is 28.9 Å². The van der Waals surface area contributed by atoms with Crippen molar-refractivity contribution in [2.75, 3.05) is 5.73 Å². The molecule has 0 bridgehead atoms. The van der Waals surface area contributed by atoms with Crippen LogP contribution in [0.25, 0.3) is 11.2 Å². The van der Waals surface area contributed by atoms with E-state index in [0.717, 1.165) is 11.9 Å². The van der Waals surface area contributed by atoms with Gasteiger partial charge in [-0.25, -0.2) is 9.97 Å². The predicted molar refractivity (Wildman–Crippen MR) is 71.0 cm³/mol. The summed E-state index contributed by atoms with van der Waals surface area (Å²) in [6, 6.07) is 0. The maximum atomic E-state index is 10.9. The zero-order valence-electron chi connectivity index (χ0n) is 10.1. The second-order valence-corrected chi connectivity index (χ2v) is 4.81. The normalized spacial score (nSPS) is 11.1. The number of nitrogens with two attached hydrogens (primary N) is 1. The van der Waals surface area contributed by atoms with E-state index in [9.17, 15) is 10.1 Å². The fourth-order valence-electron chi connectivity index (χ4n) is 1.63. The third-order valence-electron chi connectivity index (χ3n) is 2.40. The molecule has 0 atom stereocenters. The minimum Gasteiger partial charge on any atom is -0.390 e. The van der Waals surface area contributed by atoms with E-state index in [1.165, 1.54) is 10.3 Å². The van der Waals surface area contributed by atoms with Crippen LogP contribution < -0.4 is 5.73 Å². The number of nitrogens with zero attached hydrogens (tertiary/aromatic N) is 6. The van der Waals surface area contributed by atoms with Crippen LogP contribution in [0.1, 0.15) is 5.69 Å². The van der Waals surface area contributed by atoms with E-state index in [0.29, 0.717) is 21.9 Å². The van der Waals surface area contributed by atoms with E-state index in [1.807, 2.05) is 0 Å². The van der Waals surface area contributed by atoms with Gasteiger partial charge >= 0.3 is 5.95 Å². The molecular formula is C9H8N8O2S. The van der Waals surface area contributed by atoms with Gasteiger partial charge in [0.1, 0.15) is 17.4 Å². The minimum absolute atomic E-state index is 0.0478. The van der Waals surface area contributed by atoms with Gasteiger partial charge in [0.05, 0.1) is 18.3 Å². The van der Waals surface area contributed by atoms with E-state index in [2.05, 4.69) is 24.9 Å². The topological polar surface area (TPSA) is 141 Å². The summed E-state index contributed by atoms with van der Waals surface area (Å²) < 4.78 is 1.32. The fourth-order valence-corrected chi connectivity index (χ4v) is 2.59. The highest BCUT2D eigenvalue weighted by Crippen LogP contribution is 2.28. The van der Waals surface area contributed by atoms with Gasteiger partial charge in [-0.2, -0.15) is 8.96 Å². The number of imidazole rings is 2. The summed E-state index contributed by atoms with van der Waals surface area (Å²) in [7, 11) is 0. The van der Waals surface area contributed by atoms with Gasteiger partial charge in [-0.05, 0) is 11.8 Å². The van der Waals surface area contributed by atoms with Crippen molar-refractivity contribution in [3.05, 3.63) is 28.3 Å². The lowest BCUT2D eigenvalue weighted by Crippen LogP contribution is -2.00. The number of aryl methyl sites for hydroxylation is 1. The van der Waals surface area contributed by atoms with Gasteiger partial charge < -0.3 is 20.8 Å². The smallest absolute Gasteiger partial charge is 0.390 e. The molecule has 20 heavy (non-hydrogen) atoms. The quantitative estimate of drug-likeness (QED) is 0.412. The highest BCUT2D eigenvalue weighted by Gasteiger charge is 2.21. The first kappa shape index (κ1) is 12.3. The van der Waals surface area contributed by atoms with Crippen molar-refractivity contribution in [2.45, 2.75) is 11.9 Å². The molecular weight excluding hydrogens is 284 g/mol.